The molecule has 0 aliphatic rings. The lowest BCUT2D eigenvalue weighted by atomic mass is 10.5. The Morgan fingerprint density at radius 3 is 2.52 bits per heavy atom. The predicted octanol–water partition coefficient (Wildman–Crippen LogP) is -0.720. The van der Waals surface area contributed by atoms with Gasteiger partial charge in [-0.1, -0.05) is 0 Å². The molecule has 114 valence electrons. The number of rotatable bonds is 8. The molecule has 2 rings (SSSR count). The second kappa shape index (κ2) is 7.50. The van der Waals surface area contributed by atoms with Crippen LogP contribution in [0.25, 0.3) is 5.95 Å². The molecule has 9 nitrogen and oxygen atoms in total. The SMILES string of the molecule is CCNc1nc(N(CCO)CCO)nc(-n2ccnc2)n1. The zero-order chi connectivity index (χ0) is 15.1. The van der Waals surface area contributed by atoms with Crippen LogP contribution in [-0.4, -0.2) is 67.6 Å². The number of aromatic nitrogens is 5. The Bertz CT molecular complexity index is 541. The summed E-state index contributed by atoms with van der Waals surface area (Å²) < 4.78 is 1.67. The van der Waals surface area contributed by atoms with Crippen LogP contribution < -0.4 is 10.2 Å². The molecule has 0 aliphatic heterocycles. The molecule has 2 aromatic heterocycles. The molecule has 0 unspecified atom stereocenters. The molecule has 0 saturated heterocycles. The van der Waals surface area contributed by atoms with E-state index in [2.05, 4.69) is 25.3 Å². The molecule has 0 bridgehead atoms. The summed E-state index contributed by atoms with van der Waals surface area (Å²) >= 11 is 0. The Balaban J connectivity index is 2.38. The number of aliphatic hydroxyl groups excluding tert-OH is 2. The van der Waals surface area contributed by atoms with E-state index in [1.165, 1.54) is 0 Å². The van der Waals surface area contributed by atoms with Crippen LogP contribution in [0.4, 0.5) is 11.9 Å². The van der Waals surface area contributed by atoms with E-state index >= 15 is 0 Å². The third-order valence-electron chi connectivity index (χ3n) is 2.70. The van der Waals surface area contributed by atoms with Gasteiger partial charge in [-0.2, -0.15) is 15.0 Å². The van der Waals surface area contributed by atoms with Crippen molar-refractivity contribution in [1.29, 1.82) is 0 Å². The van der Waals surface area contributed by atoms with E-state index in [4.69, 9.17) is 10.2 Å². The molecule has 3 N–H and O–H groups in total. The van der Waals surface area contributed by atoms with Crippen molar-refractivity contribution in [2.75, 3.05) is 43.1 Å². The summed E-state index contributed by atoms with van der Waals surface area (Å²) in [5.74, 6) is 1.26. The predicted molar refractivity (Wildman–Crippen MR) is 77.5 cm³/mol. The maximum atomic E-state index is 9.13. The molecule has 0 spiro atoms. The molecule has 0 aliphatic carbocycles. The lowest BCUT2D eigenvalue weighted by molar-refractivity contribution is 0.280. The van der Waals surface area contributed by atoms with Crippen molar-refractivity contribution >= 4 is 11.9 Å². The van der Waals surface area contributed by atoms with Crippen LogP contribution >= 0.6 is 0 Å². The first kappa shape index (κ1) is 15.1. The van der Waals surface area contributed by atoms with Crippen molar-refractivity contribution in [3.05, 3.63) is 18.7 Å². The number of nitrogens with zero attached hydrogens (tertiary/aromatic N) is 6. The zero-order valence-corrected chi connectivity index (χ0v) is 11.8. The summed E-state index contributed by atoms with van der Waals surface area (Å²) in [4.78, 5) is 18.6. The van der Waals surface area contributed by atoms with Crippen LogP contribution in [-0.2, 0) is 0 Å². The molecule has 0 amide bonds. The fourth-order valence-electron chi connectivity index (χ4n) is 1.78. The van der Waals surface area contributed by atoms with Crippen LogP contribution in [0.5, 0.6) is 0 Å². The first-order valence-electron chi connectivity index (χ1n) is 6.73. The molecule has 2 heterocycles. The Labute approximate surface area is 122 Å². The molecule has 0 radical (unpaired) electrons. The van der Waals surface area contributed by atoms with Gasteiger partial charge in [0.25, 0.3) is 0 Å². The Kier molecular flexibility index (Phi) is 5.41. The summed E-state index contributed by atoms with van der Waals surface area (Å²) in [6.45, 7) is 3.18. The largest absolute Gasteiger partial charge is 0.395 e. The van der Waals surface area contributed by atoms with Gasteiger partial charge in [-0.25, -0.2) is 4.98 Å². The van der Waals surface area contributed by atoms with Crippen molar-refractivity contribution < 1.29 is 10.2 Å². The molecule has 0 aromatic carbocycles. The van der Waals surface area contributed by atoms with E-state index in [9.17, 15) is 0 Å². The van der Waals surface area contributed by atoms with Gasteiger partial charge >= 0.3 is 0 Å². The average Bonchev–Trinajstić information content (AvgIpc) is 3.01. The van der Waals surface area contributed by atoms with Crippen LogP contribution in [0.2, 0.25) is 0 Å². The van der Waals surface area contributed by atoms with E-state index < -0.39 is 0 Å². The molecular formula is C12H19N7O2. The summed E-state index contributed by atoms with van der Waals surface area (Å²) in [6.07, 6.45) is 4.96. The van der Waals surface area contributed by atoms with E-state index in [1.54, 1.807) is 28.2 Å². The molecule has 0 fully saturated rings. The van der Waals surface area contributed by atoms with E-state index in [1.807, 2.05) is 6.92 Å². The Morgan fingerprint density at radius 1 is 1.19 bits per heavy atom. The standard InChI is InChI=1S/C12H19N7O2/c1-2-14-10-15-11(18(5-7-20)6-8-21)17-12(16-10)19-4-3-13-9-19/h3-4,9,20-21H,2,5-8H2,1H3,(H,14,15,16,17). The van der Waals surface area contributed by atoms with Gasteiger partial charge in [0, 0.05) is 32.0 Å². The molecule has 0 saturated carbocycles. The lowest BCUT2D eigenvalue weighted by Gasteiger charge is -2.21. The molecule has 9 heteroatoms. The van der Waals surface area contributed by atoms with Crippen molar-refractivity contribution in [1.82, 2.24) is 24.5 Å². The topological polar surface area (TPSA) is 112 Å². The second-order valence-electron chi connectivity index (χ2n) is 4.19. The molecule has 21 heavy (non-hydrogen) atoms. The van der Waals surface area contributed by atoms with Crippen molar-refractivity contribution in [3.8, 4) is 5.95 Å². The fourth-order valence-corrected chi connectivity index (χ4v) is 1.78. The number of imidazole rings is 1. The number of hydrogen-bond donors (Lipinski definition) is 3. The highest BCUT2D eigenvalue weighted by Crippen LogP contribution is 2.13. The van der Waals surface area contributed by atoms with Gasteiger partial charge in [-0.15, -0.1) is 0 Å². The van der Waals surface area contributed by atoms with Gasteiger partial charge in [0.1, 0.15) is 6.33 Å². The fraction of sp³-hybridized carbons (Fsp3) is 0.500. The van der Waals surface area contributed by atoms with Crippen LogP contribution in [0.1, 0.15) is 6.92 Å². The monoisotopic (exact) mass is 293 g/mol. The number of hydrogen-bond acceptors (Lipinski definition) is 8. The van der Waals surface area contributed by atoms with Gasteiger partial charge in [0.05, 0.1) is 13.2 Å². The highest BCUT2D eigenvalue weighted by Gasteiger charge is 2.13. The third-order valence-corrected chi connectivity index (χ3v) is 2.70. The molecule has 2 aromatic rings. The van der Waals surface area contributed by atoms with Crippen molar-refractivity contribution in [2.24, 2.45) is 0 Å². The van der Waals surface area contributed by atoms with Gasteiger partial charge in [0.2, 0.25) is 17.8 Å². The first-order valence-corrected chi connectivity index (χ1v) is 6.73. The maximum absolute atomic E-state index is 9.13. The first-order chi connectivity index (χ1) is 10.3. The minimum Gasteiger partial charge on any atom is -0.395 e. The molecule has 0 atom stereocenters. The van der Waals surface area contributed by atoms with Crippen LogP contribution in [0, 0.1) is 0 Å². The van der Waals surface area contributed by atoms with Crippen molar-refractivity contribution in [2.45, 2.75) is 6.92 Å². The lowest BCUT2D eigenvalue weighted by Crippen LogP contribution is -2.32. The van der Waals surface area contributed by atoms with Gasteiger partial charge in [-0.05, 0) is 6.92 Å². The number of nitrogens with one attached hydrogen (secondary N) is 1. The molecular weight excluding hydrogens is 274 g/mol. The highest BCUT2D eigenvalue weighted by molar-refractivity contribution is 5.40. The van der Waals surface area contributed by atoms with E-state index in [-0.39, 0.29) is 13.2 Å². The second-order valence-corrected chi connectivity index (χ2v) is 4.19. The Morgan fingerprint density at radius 2 is 1.95 bits per heavy atom. The zero-order valence-electron chi connectivity index (χ0n) is 11.8. The summed E-state index contributed by atoms with van der Waals surface area (Å²) in [5, 5.41) is 21.3. The Hall–Kier alpha value is -2.26. The number of aliphatic hydroxyl groups is 2. The van der Waals surface area contributed by atoms with Crippen molar-refractivity contribution in [3.63, 3.8) is 0 Å². The smallest absolute Gasteiger partial charge is 0.241 e. The van der Waals surface area contributed by atoms with Gasteiger partial charge < -0.3 is 20.4 Å². The third kappa shape index (κ3) is 3.86. The van der Waals surface area contributed by atoms with Gasteiger partial charge in [-0.3, -0.25) is 4.57 Å². The average molecular weight is 293 g/mol. The highest BCUT2D eigenvalue weighted by atomic mass is 16.3. The van der Waals surface area contributed by atoms with Crippen LogP contribution in [0.15, 0.2) is 18.7 Å². The van der Waals surface area contributed by atoms with Gasteiger partial charge in [0.15, 0.2) is 0 Å². The minimum atomic E-state index is -0.0529. The maximum Gasteiger partial charge on any atom is 0.241 e. The quantitative estimate of drug-likeness (QED) is 0.584. The summed E-state index contributed by atoms with van der Waals surface area (Å²) in [6, 6.07) is 0. The van der Waals surface area contributed by atoms with E-state index in [0.29, 0.717) is 37.5 Å². The summed E-state index contributed by atoms with van der Waals surface area (Å²) in [7, 11) is 0. The van der Waals surface area contributed by atoms with E-state index in [0.717, 1.165) is 0 Å². The normalized spacial score (nSPS) is 10.6. The minimum absolute atomic E-state index is 0.0529. The summed E-state index contributed by atoms with van der Waals surface area (Å²) in [5.41, 5.74) is 0. The number of anilines is 2. The van der Waals surface area contributed by atoms with Crippen LogP contribution in [0.3, 0.4) is 0 Å².